The minimum atomic E-state index is -4.68. The predicted octanol–water partition coefficient (Wildman–Crippen LogP) is 4.45. The summed E-state index contributed by atoms with van der Waals surface area (Å²) in [5.41, 5.74) is -0.780. The van der Waals surface area contributed by atoms with Crippen LogP contribution in [0.2, 0.25) is 0 Å². The van der Waals surface area contributed by atoms with Crippen LogP contribution < -0.4 is 10.1 Å². The van der Waals surface area contributed by atoms with Gasteiger partial charge in [-0.25, -0.2) is 14.4 Å². The number of nitrogens with zero attached hydrogens (tertiary/aromatic N) is 3. The lowest BCUT2D eigenvalue weighted by molar-refractivity contribution is -0.141. The van der Waals surface area contributed by atoms with Crippen LogP contribution in [0.4, 0.5) is 29.1 Å². The van der Waals surface area contributed by atoms with Gasteiger partial charge >= 0.3 is 6.18 Å². The number of anilines is 2. The molecule has 3 rings (SSSR count). The number of halogens is 4. The number of rotatable bonds is 4. The molecule has 26 heavy (non-hydrogen) atoms. The van der Waals surface area contributed by atoms with Gasteiger partial charge < -0.3 is 10.1 Å². The van der Waals surface area contributed by atoms with Crippen LogP contribution in [-0.4, -0.2) is 22.1 Å². The second-order valence-corrected chi connectivity index (χ2v) is 5.18. The third-order valence-electron chi connectivity index (χ3n) is 3.29. The number of aromatic nitrogens is 3. The Balaban J connectivity index is 2.05. The van der Waals surface area contributed by atoms with E-state index in [-0.39, 0.29) is 28.8 Å². The molecule has 0 aliphatic heterocycles. The number of pyridine rings is 1. The van der Waals surface area contributed by atoms with Crippen LogP contribution in [0.5, 0.6) is 5.75 Å². The zero-order chi connectivity index (χ0) is 18.7. The van der Waals surface area contributed by atoms with Gasteiger partial charge in [-0.2, -0.15) is 13.2 Å². The molecule has 2 heterocycles. The van der Waals surface area contributed by atoms with Crippen molar-refractivity contribution in [2.24, 2.45) is 0 Å². The van der Waals surface area contributed by atoms with E-state index in [1.807, 2.05) is 0 Å². The number of benzene rings is 1. The summed E-state index contributed by atoms with van der Waals surface area (Å²) in [6, 6.07) is 9.14. The van der Waals surface area contributed by atoms with Gasteiger partial charge in [0.15, 0.2) is 11.5 Å². The van der Waals surface area contributed by atoms with Gasteiger partial charge in [-0.05, 0) is 18.2 Å². The molecule has 0 unspecified atom stereocenters. The number of hydrogen-bond donors (Lipinski definition) is 1. The number of hydrogen-bond acceptors (Lipinski definition) is 5. The van der Waals surface area contributed by atoms with Gasteiger partial charge in [-0.15, -0.1) is 0 Å². The Morgan fingerprint density at radius 3 is 2.50 bits per heavy atom. The van der Waals surface area contributed by atoms with Crippen molar-refractivity contribution < 1.29 is 22.3 Å². The summed E-state index contributed by atoms with van der Waals surface area (Å²) in [5, 5.41) is 2.64. The Labute approximate surface area is 145 Å². The maximum Gasteiger partial charge on any atom is 0.433 e. The Kier molecular flexibility index (Phi) is 4.70. The summed E-state index contributed by atoms with van der Waals surface area (Å²) < 4.78 is 58.0. The fourth-order valence-electron chi connectivity index (χ4n) is 2.17. The van der Waals surface area contributed by atoms with Gasteiger partial charge in [0.1, 0.15) is 23.1 Å². The lowest BCUT2D eigenvalue weighted by Crippen LogP contribution is -2.11. The Morgan fingerprint density at radius 1 is 1.04 bits per heavy atom. The summed E-state index contributed by atoms with van der Waals surface area (Å²) in [5.74, 6) is -0.753. The van der Waals surface area contributed by atoms with E-state index < -0.39 is 17.7 Å². The summed E-state index contributed by atoms with van der Waals surface area (Å²) in [6.45, 7) is 0. The first-order valence-electron chi connectivity index (χ1n) is 7.34. The molecule has 134 valence electrons. The molecule has 1 aromatic carbocycles. The van der Waals surface area contributed by atoms with Gasteiger partial charge in [0.05, 0.1) is 7.11 Å². The monoisotopic (exact) mass is 364 g/mol. The van der Waals surface area contributed by atoms with Crippen LogP contribution in [0, 0.1) is 5.82 Å². The van der Waals surface area contributed by atoms with Gasteiger partial charge in [-0.1, -0.05) is 6.07 Å². The molecule has 0 saturated carbocycles. The molecule has 0 aliphatic rings. The van der Waals surface area contributed by atoms with Crippen LogP contribution in [0.1, 0.15) is 5.69 Å². The topological polar surface area (TPSA) is 59.9 Å². The average Bonchev–Trinajstić information content (AvgIpc) is 2.61. The maximum absolute atomic E-state index is 13.6. The van der Waals surface area contributed by atoms with E-state index in [4.69, 9.17) is 4.74 Å². The third kappa shape index (κ3) is 4.05. The molecule has 0 radical (unpaired) electrons. The molecule has 5 nitrogen and oxygen atoms in total. The smallest absolute Gasteiger partial charge is 0.433 e. The van der Waals surface area contributed by atoms with Crippen molar-refractivity contribution >= 4 is 11.5 Å². The van der Waals surface area contributed by atoms with Gasteiger partial charge in [0.2, 0.25) is 0 Å². The lowest BCUT2D eigenvalue weighted by Gasteiger charge is -2.12. The molecule has 0 aliphatic carbocycles. The van der Waals surface area contributed by atoms with Crippen LogP contribution >= 0.6 is 0 Å². The summed E-state index contributed by atoms with van der Waals surface area (Å²) in [4.78, 5) is 11.5. The maximum atomic E-state index is 13.6. The number of ether oxygens (including phenoxy) is 1. The highest BCUT2D eigenvalue weighted by atomic mass is 19.4. The molecule has 0 amide bonds. The van der Waals surface area contributed by atoms with E-state index >= 15 is 0 Å². The molecule has 0 spiro atoms. The predicted molar refractivity (Wildman–Crippen MR) is 86.5 cm³/mol. The van der Waals surface area contributed by atoms with Gasteiger partial charge in [-0.3, -0.25) is 4.98 Å². The van der Waals surface area contributed by atoms with E-state index in [9.17, 15) is 17.6 Å². The zero-order valence-electron chi connectivity index (χ0n) is 13.4. The molecular weight excluding hydrogens is 352 g/mol. The Morgan fingerprint density at radius 2 is 1.85 bits per heavy atom. The fourth-order valence-corrected chi connectivity index (χ4v) is 2.17. The molecule has 1 N–H and O–H groups in total. The van der Waals surface area contributed by atoms with Crippen molar-refractivity contribution in [3.8, 4) is 17.3 Å². The Hall–Kier alpha value is -3.23. The van der Waals surface area contributed by atoms with E-state index in [0.717, 1.165) is 18.2 Å². The first-order valence-corrected chi connectivity index (χ1v) is 7.34. The first kappa shape index (κ1) is 17.6. The van der Waals surface area contributed by atoms with Crippen molar-refractivity contribution in [2.45, 2.75) is 6.18 Å². The first-order chi connectivity index (χ1) is 12.3. The second-order valence-electron chi connectivity index (χ2n) is 5.18. The highest BCUT2D eigenvalue weighted by Crippen LogP contribution is 2.31. The van der Waals surface area contributed by atoms with E-state index in [1.165, 1.54) is 25.4 Å². The van der Waals surface area contributed by atoms with Crippen molar-refractivity contribution in [2.75, 3.05) is 12.4 Å². The number of nitrogens with one attached hydrogen (secondary N) is 1. The fraction of sp³-hybridized carbons (Fsp3) is 0.118. The van der Waals surface area contributed by atoms with Crippen LogP contribution in [-0.2, 0) is 6.18 Å². The normalized spacial score (nSPS) is 11.3. The highest BCUT2D eigenvalue weighted by molar-refractivity contribution is 5.61. The van der Waals surface area contributed by atoms with Crippen molar-refractivity contribution in [3.63, 3.8) is 0 Å². The quantitative estimate of drug-likeness (QED) is 0.693. The van der Waals surface area contributed by atoms with Crippen LogP contribution in [0.3, 0.4) is 0 Å². The van der Waals surface area contributed by atoms with Crippen LogP contribution in [0.15, 0.2) is 48.7 Å². The standard InChI is InChI=1S/C17H12F4N4O/c1-26-12-7-10(18)6-11(8-12)23-15-9-14(17(19,20)21)24-16(25-15)13-4-2-3-5-22-13/h2-9H,1H3,(H,23,24,25). The number of alkyl halides is 3. The average molecular weight is 364 g/mol. The van der Waals surface area contributed by atoms with Gasteiger partial charge in [0, 0.05) is 30.1 Å². The third-order valence-corrected chi connectivity index (χ3v) is 3.29. The molecule has 0 bridgehead atoms. The summed E-state index contributed by atoms with van der Waals surface area (Å²) in [6.07, 6.45) is -3.26. The molecular formula is C17H12F4N4O. The minimum Gasteiger partial charge on any atom is -0.497 e. The summed E-state index contributed by atoms with van der Waals surface area (Å²) in [7, 11) is 1.35. The van der Waals surface area contributed by atoms with Gasteiger partial charge in [0.25, 0.3) is 0 Å². The van der Waals surface area contributed by atoms with E-state index in [2.05, 4.69) is 20.3 Å². The summed E-state index contributed by atoms with van der Waals surface area (Å²) >= 11 is 0. The minimum absolute atomic E-state index is 0.152. The second kappa shape index (κ2) is 6.95. The van der Waals surface area contributed by atoms with Crippen molar-refractivity contribution in [3.05, 3.63) is 60.2 Å². The molecule has 3 aromatic rings. The van der Waals surface area contributed by atoms with Crippen molar-refractivity contribution in [1.82, 2.24) is 15.0 Å². The Bertz CT molecular complexity index is 916. The van der Waals surface area contributed by atoms with Crippen molar-refractivity contribution in [1.29, 1.82) is 0 Å². The van der Waals surface area contributed by atoms with E-state index in [0.29, 0.717) is 0 Å². The van der Waals surface area contributed by atoms with Crippen LogP contribution in [0.25, 0.3) is 11.5 Å². The highest BCUT2D eigenvalue weighted by Gasteiger charge is 2.34. The largest absolute Gasteiger partial charge is 0.497 e. The number of methoxy groups -OCH3 is 1. The zero-order valence-corrected chi connectivity index (χ0v) is 13.4. The molecule has 0 atom stereocenters. The van der Waals surface area contributed by atoms with E-state index in [1.54, 1.807) is 12.1 Å². The molecule has 0 saturated heterocycles. The SMILES string of the molecule is COc1cc(F)cc(Nc2cc(C(F)(F)F)nc(-c3ccccn3)n2)c1. The molecule has 2 aromatic heterocycles. The molecule has 9 heteroatoms. The molecule has 0 fully saturated rings. The lowest BCUT2D eigenvalue weighted by atomic mass is 10.2.